The third kappa shape index (κ3) is 3.57. The van der Waals surface area contributed by atoms with Gasteiger partial charge in [-0.25, -0.2) is 8.78 Å². The molecule has 0 radical (unpaired) electrons. The second-order valence-electron chi connectivity index (χ2n) is 4.59. The highest BCUT2D eigenvalue weighted by Crippen LogP contribution is 2.24. The number of hydrogen-bond acceptors (Lipinski definition) is 1. The lowest BCUT2D eigenvalue weighted by Crippen LogP contribution is -2.19. The van der Waals surface area contributed by atoms with Crippen molar-refractivity contribution in [3.8, 4) is 0 Å². The first kappa shape index (κ1) is 15.4. The van der Waals surface area contributed by atoms with Gasteiger partial charge in [0, 0.05) is 23.7 Å². The van der Waals surface area contributed by atoms with E-state index in [-0.39, 0.29) is 16.6 Å². The van der Waals surface area contributed by atoms with Gasteiger partial charge in [0.25, 0.3) is 0 Å². The molecule has 0 saturated carbocycles. The number of halogens is 4. The fourth-order valence-electron chi connectivity index (χ4n) is 1.96. The second kappa shape index (κ2) is 6.66. The van der Waals surface area contributed by atoms with Crippen LogP contribution in [0.1, 0.15) is 11.1 Å². The predicted molar refractivity (Wildman–Crippen MR) is 80.7 cm³/mol. The Labute approximate surface area is 130 Å². The predicted octanol–water partition coefficient (Wildman–Crippen LogP) is 5.01. The van der Waals surface area contributed by atoms with Gasteiger partial charge in [-0.05, 0) is 46.7 Å². The Morgan fingerprint density at radius 2 is 1.80 bits per heavy atom. The van der Waals surface area contributed by atoms with Gasteiger partial charge < -0.3 is 0 Å². The van der Waals surface area contributed by atoms with E-state index in [4.69, 9.17) is 11.6 Å². The van der Waals surface area contributed by atoms with Gasteiger partial charge in [-0.1, -0.05) is 29.8 Å². The minimum atomic E-state index is -0.559. The molecule has 2 aromatic carbocycles. The van der Waals surface area contributed by atoms with Gasteiger partial charge in [-0.15, -0.1) is 0 Å². The molecule has 0 heterocycles. The van der Waals surface area contributed by atoms with Crippen LogP contribution in [-0.2, 0) is 13.1 Å². The lowest BCUT2D eigenvalue weighted by molar-refractivity contribution is 0.307. The van der Waals surface area contributed by atoms with Crippen molar-refractivity contribution in [2.75, 3.05) is 7.05 Å². The average molecular weight is 361 g/mol. The van der Waals surface area contributed by atoms with Crippen LogP contribution in [0, 0.1) is 11.6 Å². The van der Waals surface area contributed by atoms with Crippen molar-refractivity contribution >= 4 is 27.5 Å². The maximum atomic E-state index is 13.9. The van der Waals surface area contributed by atoms with Crippen molar-refractivity contribution in [1.29, 1.82) is 0 Å². The summed E-state index contributed by atoms with van der Waals surface area (Å²) in [6.07, 6.45) is 0. The first-order valence-electron chi connectivity index (χ1n) is 6.03. The van der Waals surface area contributed by atoms with E-state index < -0.39 is 11.6 Å². The molecule has 0 aliphatic heterocycles. The number of hydrogen-bond donors (Lipinski definition) is 0. The van der Waals surface area contributed by atoms with E-state index in [0.717, 1.165) is 5.56 Å². The number of nitrogens with zero attached hydrogens (tertiary/aromatic N) is 1. The minimum Gasteiger partial charge on any atom is -0.298 e. The summed E-state index contributed by atoms with van der Waals surface area (Å²) in [6.45, 7) is 0.688. The first-order chi connectivity index (χ1) is 9.49. The van der Waals surface area contributed by atoms with Crippen LogP contribution in [0.4, 0.5) is 8.78 Å². The van der Waals surface area contributed by atoms with E-state index in [9.17, 15) is 8.78 Å². The monoisotopic (exact) mass is 359 g/mol. The van der Waals surface area contributed by atoms with Gasteiger partial charge in [0.1, 0.15) is 11.6 Å². The van der Waals surface area contributed by atoms with Crippen molar-refractivity contribution < 1.29 is 8.78 Å². The van der Waals surface area contributed by atoms with Gasteiger partial charge in [0.15, 0.2) is 0 Å². The highest BCUT2D eigenvalue weighted by Gasteiger charge is 2.14. The fourth-order valence-corrected chi connectivity index (χ4v) is 2.52. The Kier molecular flexibility index (Phi) is 5.13. The van der Waals surface area contributed by atoms with Gasteiger partial charge in [0.05, 0.1) is 4.47 Å². The SMILES string of the molecule is CN(Cc1ccccc1Cl)Cc1c(F)ccc(Br)c1F. The highest BCUT2D eigenvalue weighted by atomic mass is 79.9. The summed E-state index contributed by atoms with van der Waals surface area (Å²) in [4.78, 5) is 1.81. The molecular weight excluding hydrogens is 348 g/mol. The normalized spacial score (nSPS) is 11.1. The lowest BCUT2D eigenvalue weighted by atomic mass is 10.1. The van der Waals surface area contributed by atoms with E-state index in [1.54, 1.807) is 13.1 Å². The molecule has 0 aliphatic carbocycles. The van der Waals surface area contributed by atoms with Crippen molar-refractivity contribution in [1.82, 2.24) is 4.90 Å². The summed E-state index contributed by atoms with van der Waals surface area (Å²) >= 11 is 9.14. The largest absolute Gasteiger partial charge is 0.298 e. The summed E-state index contributed by atoms with van der Waals surface area (Å²) in [5, 5.41) is 0.648. The fraction of sp³-hybridized carbons (Fsp3) is 0.200. The molecule has 5 heteroatoms. The molecule has 0 aromatic heterocycles. The zero-order valence-electron chi connectivity index (χ0n) is 10.8. The van der Waals surface area contributed by atoms with Crippen LogP contribution < -0.4 is 0 Å². The molecule has 0 spiro atoms. The first-order valence-corrected chi connectivity index (χ1v) is 7.20. The quantitative estimate of drug-likeness (QED) is 0.693. The van der Waals surface area contributed by atoms with E-state index in [2.05, 4.69) is 15.9 Å². The molecule has 0 N–H and O–H groups in total. The summed E-state index contributed by atoms with van der Waals surface area (Å²) in [7, 11) is 1.79. The molecule has 2 aromatic rings. The molecule has 20 heavy (non-hydrogen) atoms. The molecule has 0 bridgehead atoms. The molecular formula is C15H13BrClF2N. The molecule has 0 amide bonds. The standard InChI is InChI=1S/C15H13BrClF2N/c1-20(8-10-4-2-3-5-13(10)17)9-11-14(18)7-6-12(16)15(11)19/h2-7H,8-9H2,1H3. The van der Waals surface area contributed by atoms with Crippen molar-refractivity contribution in [3.63, 3.8) is 0 Å². The van der Waals surface area contributed by atoms with Crippen molar-refractivity contribution in [2.24, 2.45) is 0 Å². The van der Waals surface area contributed by atoms with Crippen LogP contribution in [0.15, 0.2) is 40.9 Å². The maximum Gasteiger partial charge on any atom is 0.144 e. The van der Waals surface area contributed by atoms with E-state index in [1.807, 2.05) is 23.1 Å². The van der Waals surface area contributed by atoms with Gasteiger partial charge >= 0.3 is 0 Å². The Balaban J connectivity index is 2.15. The summed E-state index contributed by atoms with van der Waals surface area (Å²) in [5.41, 5.74) is 0.974. The highest BCUT2D eigenvalue weighted by molar-refractivity contribution is 9.10. The second-order valence-corrected chi connectivity index (χ2v) is 5.85. The zero-order valence-corrected chi connectivity index (χ0v) is 13.2. The van der Waals surface area contributed by atoms with E-state index in [1.165, 1.54) is 12.1 Å². The van der Waals surface area contributed by atoms with Gasteiger partial charge in [-0.2, -0.15) is 0 Å². The van der Waals surface area contributed by atoms with Crippen LogP contribution in [0.5, 0.6) is 0 Å². The topological polar surface area (TPSA) is 3.24 Å². The van der Waals surface area contributed by atoms with Gasteiger partial charge in [-0.3, -0.25) is 4.90 Å². The van der Waals surface area contributed by atoms with Crippen LogP contribution in [-0.4, -0.2) is 11.9 Å². The number of benzene rings is 2. The van der Waals surface area contributed by atoms with Crippen LogP contribution in [0.2, 0.25) is 5.02 Å². The molecule has 0 aliphatic rings. The minimum absolute atomic E-state index is 0.0499. The van der Waals surface area contributed by atoms with Gasteiger partial charge in [0.2, 0.25) is 0 Å². The molecule has 0 fully saturated rings. The summed E-state index contributed by atoms with van der Waals surface area (Å²) in [6, 6.07) is 10.0. The summed E-state index contributed by atoms with van der Waals surface area (Å²) in [5.74, 6) is -1.10. The molecule has 1 nitrogen and oxygen atoms in total. The summed E-state index contributed by atoms with van der Waals surface area (Å²) < 4.78 is 27.9. The molecule has 0 atom stereocenters. The Morgan fingerprint density at radius 3 is 2.50 bits per heavy atom. The van der Waals surface area contributed by atoms with Crippen LogP contribution >= 0.6 is 27.5 Å². The molecule has 0 saturated heterocycles. The molecule has 0 unspecified atom stereocenters. The third-order valence-electron chi connectivity index (χ3n) is 2.97. The third-order valence-corrected chi connectivity index (χ3v) is 3.95. The Bertz CT molecular complexity index is 619. The molecule has 2 rings (SSSR count). The smallest absolute Gasteiger partial charge is 0.144 e. The molecule has 106 valence electrons. The average Bonchev–Trinajstić information content (AvgIpc) is 2.42. The lowest BCUT2D eigenvalue weighted by Gasteiger charge is -2.18. The van der Waals surface area contributed by atoms with Crippen LogP contribution in [0.3, 0.4) is 0 Å². The van der Waals surface area contributed by atoms with E-state index in [0.29, 0.717) is 11.6 Å². The number of rotatable bonds is 4. The van der Waals surface area contributed by atoms with E-state index >= 15 is 0 Å². The Hall–Kier alpha value is -0.970. The zero-order chi connectivity index (χ0) is 14.7. The van der Waals surface area contributed by atoms with Crippen molar-refractivity contribution in [2.45, 2.75) is 13.1 Å². The van der Waals surface area contributed by atoms with Crippen molar-refractivity contribution in [3.05, 3.63) is 68.7 Å². The maximum absolute atomic E-state index is 13.9. The Morgan fingerprint density at radius 1 is 1.10 bits per heavy atom. The van der Waals surface area contributed by atoms with Crippen LogP contribution in [0.25, 0.3) is 0 Å².